The molecule has 0 fully saturated rings. The number of nitrogens with one attached hydrogen (secondary N) is 1. The van der Waals surface area contributed by atoms with Crippen molar-refractivity contribution in [2.75, 3.05) is 12.4 Å². The van der Waals surface area contributed by atoms with Gasteiger partial charge >= 0.3 is 0 Å². The highest BCUT2D eigenvalue weighted by Crippen LogP contribution is 2.32. The summed E-state index contributed by atoms with van der Waals surface area (Å²) in [7, 11) is 1.66. The maximum atomic E-state index is 6.07. The van der Waals surface area contributed by atoms with Gasteiger partial charge in [-0.2, -0.15) is 0 Å². The van der Waals surface area contributed by atoms with Crippen LogP contribution in [0.2, 0.25) is 5.02 Å². The van der Waals surface area contributed by atoms with Gasteiger partial charge in [0.25, 0.3) is 0 Å². The summed E-state index contributed by atoms with van der Waals surface area (Å²) in [5, 5.41) is 6.29. The Bertz CT molecular complexity index is 789. The molecule has 0 saturated heterocycles. The molecule has 0 spiro atoms. The largest absolute Gasteiger partial charge is 1.00 e. The number of benzene rings is 3. The first kappa shape index (κ1) is 16.4. The van der Waals surface area contributed by atoms with Crippen LogP contribution in [0.3, 0.4) is 0 Å². The molecule has 0 radical (unpaired) electrons. The van der Waals surface area contributed by atoms with Crippen molar-refractivity contribution < 1.29 is 22.9 Å². The van der Waals surface area contributed by atoms with Crippen LogP contribution in [0.4, 0.5) is 17.1 Å². The Hall–Kier alpha value is -1.94. The molecular weight excluding hydrogens is 319 g/mol. The molecule has 0 unspecified atom stereocenters. The lowest BCUT2D eigenvalue weighted by molar-refractivity contribution is -0.252. The second kappa shape index (κ2) is 6.88. The number of anilines is 2. The zero-order valence-electron chi connectivity index (χ0n) is 12.1. The normalized spacial score (nSPS) is 10.1. The molecule has 0 aliphatic carbocycles. The molecule has 0 aliphatic rings. The Morgan fingerprint density at radius 3 is 2.36 bits per heavy atom. The second-order valence-electron chi connectivity index (χ2n) is 4.82. The van der Waals surface area contributed by atoms with Gasteiger partial charge in [0.05, 0.1) is 7.11 Å². The number of methoxy groups -OCH3 is 1. The lowest BCUT2D eigenvalue weighted by Gasteiger charge is -2.11. The van der Waals surface area contributed by atoms with Crippen molar-refractivity contribution in [2.24, 2.45) is 0 Å². The fourth-order valence-corrected chi connectivity index (χ4v) is 2.49. The lowest BCUT2D eigenvalue weighted by atomic mass is 10.1. The SMILES string of the molecule is COc1ccc(Nc2ccc([NH3+])c3cc(Cl)ccc23)cc1.[Cl-]. The topological polar surface area (TPSA) is 48.9 Å². The van der Waals surface area contributed by atoms with Gasteiger partial charge < -0.3 is 28.2 Å². The van der Waals surface area contributed by atoms with E-state index in [-0.39, 0.29) is 12.4 Å². The van der Waals surface area contributed by atoms with E-state index in [1.165, 1.54) is 0 Å². The molecule has 22 heavy (non-hydrogen) atoms. The predicted molar refractivity (Wildman–Crippen MR) is 87.8 cm³/mol. The van der Waals surface area contributed by atoms with Crippen LogP contribution in [-0.2, 0) is 0 Å². The Kier molecular flexibility index (Phi) is 5.14. The van der Waals surface area contributed by atoms with Crippen LogP contribution < -0.4 is 28.2 Å². The molecule has 0 aliphatic heterocycles. The molecule has 0 aromatic heterocycles. The van der Waals surface area contributed by atoms with Crippen LogP contribution >= 0.6 is 11.6 Å². The van der Waals surface area contributed by atoms with Crippen molar-refractivity contribution in [3.05, 3.63) is 59.6 Å². The molecule has 3 rings (SSSR count). The van der Waals surface area contributed by atoms with Crippen molar-refractivity contribution in [1.82, 2.24) is 0 Å². The summed E-state index contributed by atoms with van der Waals surface area (Å²) in [5.74, 6) is 0.838. The van der Waals surface area contributed by atoms with Crippen LogP contribution in [0, 0.1) is 0 Å². The van der Waals surface area contributed by atoms with E-state index in [0.717, 1.165) is 33.6 Å². The van der Waals surface area contributed by atoms with Gasteiger partial charge in [0.15, 0.2) is 0 Å². The van der Waals surface area contributed by atoms with E-state index < -0.39 is 0 Å². The van der Waals surface area contributed by atoms with Crippen molar-refractivity contribution in [3.63, 3.8) is 0 Å². The number of hydrogen-bond acceptors (Lipinski definition) is 2. The third kappa shape index (κ3) is 3.28. The van der Waals surface area contributed by atoms with Crippen LogP contribution in [0.1, 0.15) is 0 Å². The summed E-state index contributed by atoms with van der Waals surface area (Å²) in [6, 6.07) is 17.7. The quantitative estimate of drug-likeness (QED) is 0.754. The summed E-state index contributed by atoms with van der Waals surface area (Å²) in [4.78, 5) is 0. The maximum Gasteiger partial charge on any atom is 0.136 e. The fraction of sp³-hybridized carbons (Fsp3) is 0.0588. The first-order chi connectivity index (χ1) is 10.2. The van der Waals surface area contributed by atoms with Crippen LogP contribution in [0.25, 0.3) is 10.8 Å². The molecule has 5 heteroatoms. The molecule has 0 amide bonds. The second-order valence-corrected chi connectivity index (χ2v) is 5.25. The van der Waals surface area contributed by atoms with Gasteiger partial charge in [-0.1, -0.05) is 17.7 Å². The summed E-state index contributed by atoms with van der Waals surface area (Å²) in [6.07, 6.45) is 0. The standard InChI is InChI=1S/C17H15ClN2O.ClH/c1-21-13-5-3-12(4-6-13)20-17-9-8-16(19)15-10-11(18)2-7-14(15)17;/h2-10,20H,19H2,1H3;1H. The van der Waals surface area contributed by atoms with Crippen LogP contribution in [-0.4, -0.2) is 7.11 Å². The van der Waals surface area contributed by atoms with Gasteiger partial charge in [0, 0.05) is 33.2 Å². The Balaban J connectivity index is 0.00000176. The zero-order valence-corrected chi connectivity index (χ0v) is 13.6. The predicted octanol–water partition coefficient (Wildman–Crippen LogP) is 1.12. The third-order valence-electron chi connectivity index (χ3n) is 3.44. The van der Waals surface area contributed by atoms with E-state index in [1.807, 2.05) is 54.6 Å². The summed E-state index contributed by atoms with van der Waals surface area (Å²) >= 11 is 6.07. The van der Waals surface area contributed by atoms with Crippen LogP contribution in [0.15, 0.2) is 54.6 Å². The van der Waals surface area contributed by atoms with E-state index in [1.54, 1.807) is 7.11 Å². The molecule has 4 N–H and O–H groups in total. The number of quaternary nitrogens is 1. The average molecular weight is 335 g/mol. The Morgan fingerprint density at radius 2 is 1.68 bits per heavy atom. The first-order valence-corrected chi connectivity index (χ1v) is 7.00. The summed E-state index contributed by atoms with van der Waals surface area (Å²) in [5.41, 5.74) is 7.05. The summed E-state index contributed by atoms with van der Waals surface area (Å²) < 4.78 is 5.17. The minimum atomic E-state index is 0. The Labute approximate surface area is 140 Å². The molecule has 0 heterocycles. The third-order valence-corrected chi connectivity index (χ3v) is 3.67. The van der Waals surface area contributed by atoms with Gasteiger partial charge in [-0.05, 0) is 42.5 Å². The molecule has 0 saturated carbocycles. The summed E-state index contributed by atoms with van der Waals surface area (Å²) in [6.45, 7) is 0. The molecule has 3 aromatic carbocycles. The molecule has 0 bridgehead atoms. The Morgan fingerprint density at radius 1 is 0.955 bits per heavy atom. The van der Waals surface area contributed by atoms with Gasteiger partial charge in [-0.15, -0.1) is 0 Å². The lowest BCUT2D eigenvalue weighted by Crippen LogP contribution is -3.00. The van der Waals surface area contributed by atoms with Crippen molar-refractivity contribution in [3.8, 4) is 5.75 Å². The minimum Gasteiger partial charge on any atom is -1.00 e. The smallest absolute Gasteiger partial charge is 0.136 e. The van der Waals surface area contributed by atoms with Crippen LogP contribution in [0.5, 0.6) is 5.75 Å². The van der Waals surface area contributed by atoms with E-state index in [0.29, 0.717) is 5.02 Å². The van der Waals surface area contributed by atoms with Gasteiger partial charge in [-0.3, -0.25) is 0 Å². The molecule has 114 valence electrons. The highest BCUT2D eigenvalue weighted by molar-refractivity contribution is 6.31. The van der Waals surface area contributed by atoms with Crippen molar-refractivity contribution in [2.45, 2.75) is 0 Å². The monoisotopic (exact) mass is 334 g/mol. The van der Waals surface area contributed by atoms with Crippen molar-refractivity contribution in [1.29, 1.82) is 0 Å². The number of fused-ring (bicyclic) bond motifs is 1. The number of hydrogen-bond donors (Lipinski definition) is 2. The van der Waals surface area contributed by atoms with E-state index in [2.05, 4.69) is 11.1 Å². The highest BCUT2D eigenvalue weighted by Gasteiger charge is 2.07. The van der Waals surface area contributed by atoms with E-state index >= 15 is 0 Å². The van der Waals surface area contributed by atoms with Gasteiger partial charge in [0.1, 0.15) is 11.4 Å². The average Bonchev–Trinajstić information content (AvgIpc) is 2.51. The molecule has 3 nitrogen and oxygen atoms in total. The van der Waals surface area contributed by atoms with Gasteiger partial charge in [0.2, 0.25) is 0 Å². The maximum absolute atomic E-state index is 6.07. The zero-order chi connectivity index (χ0) is 14.8. The highest BCUT2D eigenvalue weighted by atomic mass is 35.5. The fourth-order valence-electron chi connectivity index (χ4n) is 2.32. The minimum absolute atomic E-state index is 0. The van der Waals surface area contributed by atoms with Gasteiger partial charge in [-0.25, -0.2) is 0 Å². The number of ether oxygens (including phenoxy) is 1. The first-order valence-electron chi connectivity index (χ1n) is 6.62. The molecular formula is C17H16Cl2N2O. The van der Waals surface area contributed by atoms with Crippen molar-refractivity contribution >= 4 is 39.4 Å². The molecule has 0 atom stereocenters. The molecule has 3 aromatic rings. The van der Waals surface area contributed by atoms with E-state index in [9.17, 15) is 0 Å². The number of rotatable bonds is 3. The number of halogens is 2. The van der Waals surface area contributed by atoms with E-state index in [4.69, 9.17) is 16.3 Å².